The SMILES string of the molecule is CC(C)c1ccc(-c2c(F)cc(-n3nnc4c3C(=O)c3ccccc3C4=O)cc2F)cc1. The monoisotopic (exact) mass is 429 g/mol. The van der Waals surface area contributed by atoms with Crippen LogP contribution < -0.4 is 0 Å². The minimum Gasteiger partial charge on any atom is -0.287 e. The number of hydrogen-bond acceptors (Lipinski definition) is 4. The van der Waals surface area contributed by atoms with Crippen LogP contribution in [0, 0.1) is 11.6 Å². The zero-order valence-electron chi connectivity index (χ0n) is 17.3. The Morgan fingerprint density at radius 2 is 1.44 bits per heavy atom. The Labute approximate surface area is 182 Å². The van der Waals surface area contributed by atoms with Crippen LogP contribution in [-0.4, -0.2) is 26.6 Å². The van der Waals surface area contributed by atoms with Gasteiger partial charge in [0.2, 0.25) is 11.6 Å². The molecule has 1 aliphatic carbocycles. The number of nitrogens with zero attached hydrogens (tertiary/aromatic N) is 3. The number of carbonyl (C=O) groups excluding carboxylic acids is 2. The predicted octanol–water partition coefficient (Wildman–Crippen LogP) is 5.11. The maximum Gasteiger partial charge on any atom is 0.216 e. The molecule has 158 valence electrons. The number of hydrogen-bond donors (Lipinski definition) is 0. The van der Waals surface area contributed by atoms with Crippen LogP contribution in [0.5, 0.6) is 0 Å². The van der Waals surface area contributed by atoms with Crippen LogP contribution in [0.1, 0.15) is 57.4 Å². The van der Waals surface area contributed by atoms with Gasteiger partial charge in [-0.05, 0) is 17.0 Å². The average molecular weight is 429 g/mol. The molecule has 0 N–H and O–H groups in total. The molecule has 1 aromatic heterocycles. The topological polar surface area (TPSA) is 64.8 Å². The molecule has 1 aliphatic rings. The van der Waals surface area contributed by atoms with Gasteiger partial charge in [-0.25, -0.2) is 13.5 Å². The number of rotatable bonds is 3. The van der Waals surface area contributed by atoms with Gasteiger partial charge in [0.1, 0.15) is 17.3 Å². The molecule has 0 aliphatic heterocycles. The van der Waals surface area contributed by atoms with E-state index in [1.807, 2.05) is 26.0 Å². The molecular weight excluding hydrogens is 412 g/mol. The predicted molar refractivity (Wildman–Crippen MR) is 114 cm³/mol. The van der Waals surface area contributed by atoms with E-state index in [1.165, 1.54) is 12.1 Å². The summed E-state index contributed by atoms with van der Waals surface area (Å²) in [5.74, 6) is -2.25. The largest absolute Gasteiger partial charge is 0.287 e. The molecule has 0 fully saturated rings. The summed E-state index contributed by atoms with van der Waals surface area (Å²) in [4.78, 5) is 25.7. The van der Waals surface area contributed by atoms with Crippen LogP contribution in [0.2, 0.25) is 0 Å². The molecule has 7 heteroatoms. The fraction of sp³-hybridized carbons (Fsp3) is 0.120. The minimum absolute atomic E-state index is 0.0307. The molecule has 0 atom stereocenters. The number of ketones is 2. The Kier molecular flexibility index (Phi) is 4.55. The van der Waals surface area contributed by atoms with Crippen LogP contribution >= 0.6 is 0 Å². The summed E-state index contributed by atoms with van der Waals surface area (Å²) < 4.78 is 31.1. The normalized spacial score (nSPS) is 12.8. The first-order valence-corrected chi connectivity index (χ1v) is 10.1. The van der Waals surface area contributed by atoms with Crippen molar-refractivity contribution in [1.29, 1.82) is 0 Å². The van der Waals surface area contributed by atoms with Gasteiger partial charge >= 0.3 is 0 Å². The summed E-state index contributed by atoms with van der Waals surface area (Å²) in [5.41, 5.74) is 1.44. The lowest BCUT2D eigenvalue weighted by atomic mass is 9.90. The molecule has 0 radical (unpaired) electrons. The first kappa shape index (κ1) is 19.9. The molecule has 5 rings (SSSR count). The smallest absolute Gasteiger partial charge is 0.216 e. The fourth-order valence-corrected chi connectivity index (χ4v) is 3.95. The molecule has 3 aromatic carbocycles. The maximum atomic E-state index is 15.0. The molecule has 0 saturated carbocycles. The van der Waals surface area contributed by atoms with E-state index in [-0.39, 0.29) is 33.8 Å². The quantitative estimate of drug-likeness (QED) is 0.400. The van der Waals surface area contributed by atoms with Crippen molar-refractivity contribution < 1.29 is 18.4 Å². The molecule has 0 unspecified atom stereocenters. The second-order valence-corrected chi connectivity index (χ2v) is 7.96. The van der Waals surface area contributed by atoms with Gasteiger partial charge in [0.05, 0.1) is 11.3 Å². The number of fused-ring (bicyclic) bond motifs is 2. The highest BCUT2D eigenvalue weighted by Gasteiger charge is 2.35. The van der Waals surface area contributed by atoms with Gasteiger partial charge in [-0.1, -0.05) is 67.6 Å². The van der Waals surface area contributed by atoms with Gasteiger partial charge in [0, 0.05) is 23.3 Å². The van der Waals surface area contributed by atoms with Crippen LogP contribution in [0.3, 0.4) is 0 Å². The van der Waals surface area contributed by atoms with Crippen molar-refractivity contribution in [3.8, 4) is 16.8 Å². The fourth-order valence-electron chi connectivity index (χ4n) is 3.95. The maximum absolute atomic E-state index is 15.0. The second kappa shape index (κ2) is 7.30. The third-order valence-corrected chi connectivity index (χ3v) is 5.65. The molecule has 0 spiro atoms. The Balaban J connectivity index is 1.60. The standard InChI is InChI=1S/C25H17F2N3O2/c1-13(2)14-7-9-15(10-8-14)21-19(26)11-16(12-20(21)27)30-23-22(28-29-30)24(31)17-5-3-4-6-18(17)25(23)32/h3-13H,1-2H3. The lowest BCUT2D eigenvalue weighted by Crippen LogP contribution is -2.23. The van der Waals surface area contributed by atoms with Crippen LogP contribution in [0.4, 0.5) is 8.78 Å². The first-order valence-electron chi connectivity index (χ1n) is 10.1. The summed E-state index contributed by atoms with van der Waals surface area (Å²) in [6.07, 6.45) is 0. The van der Waals surface area contributed by atoms with Gasteiger partial charge in [-0.3, -0.25) is 9.59 Å². The average Bonchev–Trinajstić information content (AvgIpc) is 3.23. The van der Waals surface area contributed by atoms with Crippen molar-refractivity contribution in [1.82, 2.24) is 15.0 Å². The molecule has 1 heterocycles. The molecule has 5 nitrogen and oxygen atoms in total. The number of aromatic nitrogens is 3. The zero-order valence-corrected chi connectivity index (χ0v) is 17.3. The van der Waals surface area contributed by atoms with Crippen molar-refractivity contribution in [3.05, 3.63) is 100 Å². The van der Waals surface area contributed by atoms with E-state index in [2.05, 4.69) is 10.3 Å². The summed E-state index contributed by atoms with van der Waals surface area (Å²) in [6.45, 7) is 4.07. The first-order chi connectivity index (χ1) is 15.4. The van der Waals surface area contributed by atoms with Crippen molar-refractivity contribution >= 4 is 11.6 Å². The van der Waals surface area contributed by atoms with E-state index in [4.69, 9.17) is 0 Å². The number of benzene rings is 3. The van der Waals surface area contributed by atoms with Crippen molar-refractivity contribution in [2.45, 2.75) is 19.8 Å². The molecule has 4 aromatic rings. The lowest BCUT2D eigenvalue weighted by molar-refractivity contribution is 0.0972. The summed E-state index contributed by atoms with van der Waals surface area (Å²) in [6, 6.07) is 15.5. The van der Waals surface area contributed by atoms with E-state index in [0.717, 1.165) is 22.4 Å². The minimum atomic E-state index is -0.809. The summed E-state index contributed by atoms with van der Waals surface area (Å²) in [5, 5.41) is 7.69. The van der Waals surface area contributed by atoms with Gasteiger partial charge in [-0.2, -0.15) is 0 Å². The second-order valence-electron chi connectivity index (χ2n) is 7.96. The Morgan fingerprint density at radius 1 is 0.844 bits per heavy atom. The van der Waals surface area contributed by atoms with Crippen LogP contribution in [-0.2, 0) is 0 Å². The van der Waals surface area contributed by atoms with E-state index in [9.17, 15) is 9.59 Å². The third-order valence-electron chi connectivity index (χ3n) is 5.65. The highest BCUT2D eigenvalue weighted by atomic mass is 19.1. The molecule has 0 bridgehead atoms. The van der Waals surface area contributed by atoms with E-state index in [1.54, 1.807) is 24.3 Å². The van der Waals surface area contributed by atoms with Gasteiger partial charge in [-0.15, -0.1) is 5.10 Å². The third kappa shape index (κ3) is 2.97. The van der Waals surface area contributed by atoms with Crippen molar-refractivity contribution in [2.75, 3.05) is 0 Å². The number of halogens is 2. The molecule has 0 saturated heterocycles. The van der Waals surface area contributed by atoms with E-state index < -0.39 is 23.2 Å². The Bertz CT molecular complexity index is 1380. The lowest BCUT2D eigenvalue weighted by Gasteiger charge is -2.15. The van der Waals surface area contributed by atoms with Gasteiger partial charge < -0.3 is 0 Å². The summed E-state index contributed by atoms with van der Waals surface area (Å²) in [7, 11) is 0. The zero-order chi connectivity index (χ0) is 22.6. The van der Waals surface area contributed by atoms with Crippen molar-refractivity contribution in [2.24, 2.45) is 0 Å². The summed E-state index contributed by atoms with van der Waals surface area (Å²) >= 11 is 0. The van der Waals surface area contributed by atoms with Crippen molar-refractivity contribution in [3.63, 3.8) is 0 Å². The molecule has 0 amide bonds. The number of carbonyl (C=O) groups is 2. The van der Waals surface area contributed by atoms with Crippen LogP contribution in [0.15, 0.2) is 60.7 Å². The molecular formula is C25H17F2N3O2. The highest BCUT2D eigenvalue weighted by Crippen LogP contribution is 2.32. The van der Waals surface area contributed by atoms with E-state index in [0.29, 0.717) is 11.5 Å². The Morgan fingerprint density at radius 3 is 2.03 bits per heavy atom. The van der Waals surface area contributed by atoms with Gasteiger partial charge in [0.15, 0.2) is 5.69 Å². The highest BCUT2D eigenvalue weighted by molar-refractivity contribution is 6.27. The Hall–Kier alpha value is -4.00. The molecule has 32 heavy (non-hydrogen) atoms. The van der Waals surface area contributed by atoms with Gasteiger partial charge in [0.25, 0.3) is 0 Å². The van der Waals surface area contributed by atoms with Crippen LogP contribution in [0.25, 0.3) is 16.8 Å². The van der Waals surface area contributed by atoms with E-state index >= 15 is 8.78 Å².